The molecule has 0 saturated carbocycles. The summed E-state index contributed by atoms with van der Waals surface area (Å²) < 4.78 is 5.37. The van der Waals surface area contributed by atoms with Crippen LogP contribution in [0.15, 0.2) is 30.3 Å². The van der Waals surface area contributed by atoms with Crippen molar-refractivity contribution in [1.82, 2.24) is 15.5 Å². The fourth-order valence-electron chi connectivity index (χ4n) is 4.47. The van der Waals surface area contributed by atoms with E-state index < -0.39 is 12.0 Å². The van der Waals surface area contributed by atoms with Gasteiger partial charge in [0.2, 0.25) is 11.8 Å². The van der Waals surface area contributed by atoms with Crippen LogP contribution >= 0.6 is 0 Å². The minimum Gasteiger partial charge on any atom is -0.480 e. The van der Waals surface area contributed by atoms with Crippen LogP contribution in [0.3, 0.4) is 0 Å². The predicted octanol–water partition coefficient (Wildman–Crippen LogP) is 1.59. The summed E-state index contributed by atoms with van der Waals surface area (Å²) in [5.74, 6) is -0.577. The van der Waals surface area contributed by atoms with E-state index in [1.807, 2.05) is 30.3 Å². The van der Waals surface area contributed by atoms with Crippen LogP contribution in [0.2, 0.25) is 0 Å². The van der Waals surface area contributed by atoms with E-state index in [0.717, 1.165) is 37.9 Å². The fraction of sp³-hybridized carbons (Fsp3) is 0.625. The highest BCUT2D eigenvalue weighted by Gasteiger charge is 2.30. The molecule has 0 aliphatic carbocycles. The quantitative estimate of drug-likeness (QED) is 0.505. The number of nitrogens with one attached hydrogen (secondary N) is 2. The van der Waals surface area contributed by atoms with Gasteiger partial charge in [-0.25, -0.2) is 4.79 Å². The molecule has 176 valence electrons. The predicted molar refractivity (Wildman–Crippen MR) is 120 cm³/mol. The molecule has 0 unspecified atom stereocenters. The standard InChI is InChI=1S/C24H35N3O5/c28-22(7-6-18-8-12-25-13-9-18)26-21(16-19-4-2-1-3-5-19)24(31)27-14-10-20(11-15-27)32-17-23(29)30/h1-5,18,20-21,25H,6-17H2,(H,26,28)(H,29,30)/t21-/m0/s1. The minimum absolute atomic E-state index is 0.0718. The van der Waals surface area contributed by atoms with Crippen molar-refractivity contribution in [3.63, 3.8) is 0 Å². The Balaban J connectivity index is 1.55. The van der Waals surface area contributed by atoms with Crippen molar-refractivity contribution in [2.45, 2.75) is 57.1 Å². The number of rotatable bonds is 10. The molecule has 2 aliphatic rings. The van der Waals surface area contributed by atoms with Gasteiger partial charge in [0.1, 0.15) is 12.6 Å². The van der Waals surface area contributed by atoms with E-state index in [1.54, 1.807) is 4.90 Å². The number of piperidine rings is 2. The van der Waals surface area contributed by atoms with Crippen LogP contribution in [0.25, 0.3) is 0 Å². The molecule has 32 heavy (non-hydrogen) atoms. The molecule has 0 spiro atoms. The van der Waals surface area contributed by atoms with Gasteiger partial charge in [-0.3, -0.25) is 9.59 Å². The van der Waals surface area contributed by atoms with Gasteiger partial charge in [-0.15, -0.1) is 0 Å². The number of carboxylic acids is 1. The van der Waals surface area contributed by atoms with E-state index in [-0.39, 0.29) is 24.5 Å². The van der Waals surface area contributed by atoms with Crippen molar-refractivity contribution in [2.75, 3.05) is 32.8 Å². The van der Waals surface area contributed by atoms with Gasteiger partial charge in [0, 0.05) is 25.9 Å². The van der Waals surface area contributed by atoms with Crippen molar-refractivity contribution < 1.29 is 24.2 Å². The van der Waals surface area contributed by atoms with E-state index in [1.165, 1.54) is 0 Å². The molecule has 1 atom stereocenters. The van der Waals surface area contributed by atoms with Crippen LogP contribution in [0, 0.1) is 5.92 Å². The smallest absolute Gasteiger partial charge is 0.329 e. The molecule has 0 bridgehead atoms. The number of carbonyl (C=O) groups excluding carboxylic acids is 2. The van der Waals surface area contributed by atoms with Gasteiger partial charge < -0.3 is 25.4 Å². The molecule has 8 nitrogen and oxygen atoms in total. The van der Waals surface area contributed by atoms with E-state index in [9.17, 15) is 14.4 Å². The summed E-state index contributed by atoms with van der Waals surface area (Å²) in [5, 5.41) is 15.1. The molecule has 8 heteroatoms. The Morgan fingerprint density at radius 1 is 1.09 bits per heavy atom. The fourth-order valence-corrected chi connectivity index (χ4v) is 4.47. The third-order valence-electron chi connectivity index (χ3n) is 6.35. The Morgan fingerprint density at radius 3 is 2.44 bits per heavy atom. The van der Waals surface area contributed by atoms with Gasteiger partial charge in [-0.1, -0.05) is 30.3 Å². The second kappa shape index (κ2) is 12.6. The summed E-state index contributed by atoms with van der Waals surface area (Å²) >= 11 is 0. The summed E-state index contributed by atoms with van der Waals surface area (Å²) in [5.41, 5.74) is 1.00. The number of nitrogens with zero attached hydrogens (tertiary/aromatic N) is 1. The highest BCUT2D eigenvalue weighted by Crippen LogP contribution is 2.19. The molecule has 3 rings (SSSR count). The molecule has 2 amide bonds. The Bertz CT molecular complexity index is 743. The van der Waals surface area contributed by atoms with Crippen molar-refractivity contribution in [1.29, 1.82) is 0 Å². The van der Waals surface area contributed by atoms with Crippen molar-refractivity contribution in [2.24, 2.45) is 5.92 Å². The van der Waals surface area contributed by atoms with Crippen LogP contribution in [0.4, 0.5) is 0 Å². The van der Waals surface area contributed by atoms with Gasteiger partial charge in [0.25, 0.3) is 0 Å². The summed E-state index contributed by atoms with van der Waals surface area (Å²) in [7, 11) is 0. The third kappa shape index (κ3) is 7.91. The number of carbonyl (C=O) groups is 3. The Morgan fingerprint density at radius 2 is 1.78 bits per heavy atom. The third-order valence-corrected chi connectivity index (χ3v) is 6.35. The number of likely N-dealkylation sites (tertiary alicyclic amines) is 1. The van der Waals surface area contributed by atoms with Crippen LogP contribution in [0.5, 0.6) is 0 Å². The lowest BCUT2D eigenvalue weighted by Gasteiger charge is -2.34. The molecule has 0 radical (unpaired) electrons. The second-order valence-corrected chi connectivity index (χ2v) is 8.77. The van der Waals surface area contributed by atoms with E-state index >= 15 is 0 Å². The van der Waals surface area contributed by atoms with Crippen molar-refractivity contribution in [3.05, 3.63) is 35.9 Å². The average Bonchev–Trinajstić information content (AvgIpc) is 2.82. The lowest BCUT2D eigenvalue weighted by atomic mass is 9.93. The molecular weight excluding hydrogens is 410 g/mol. The van der Waals surface area contributed by atoms with E-state index in [2.05, 4.69) is 10.6 Å². The zero-order valence-corrected chi connectivity index (χ0v) is 18.6. The molecule has 2 saturated heterocycles. The molecule has 3 N–H and O–H groups in total. The minimum atomic E-state index is -0.987. The summed E-state index contributed by atoms with van der Waals surface area (Å²) in [6.07, 6.45) is 4.98. The lowest BCUT2D eigenvalue weighted by molar-refractivity contribution is -0.147. The van der Waals surface area contributed by atoms with Gasteiger partial charge in [-0.2, -0.15) is 0 Å². The van der Waals surface area contributed by atoms with Gasteiger partial charge in [0.15, 0.2) is 0 Å². The average molecular weight is 446 g/mol. The molecular formula is C24H35N3O5. The highest BCUT2D eigenvalue weighted by molar-refractivity contribution is 5.88. The first-order valence-electron chi connectivity index (χ1n) is 11.7. The largest absolute Gasteiger partial charge is 0.480 e. The number of aliphatic carboxylic acids is 1. The van der Waals surface area contributed by atoms with Crippen molar-refractivity contribution >= 4 is 17.8 Å². The summed E-state index contributed by atoms with van der Waals surface area (Å²) in [6.45, 7) is 2.70. The number of carboxylic acid groups (broad SMARTS) is 1. The first kappa shape index (κ1) is 24.2. The van der Waals surface area contributed by atoms with Gasteiger partial charge >= 0.3 is 5.97 Å². The van der Waals surface area contributed by atoms with Crippen LogP contribution in [-0.4, -0.2) is 72.7 Å². The normalized spacial score (nSPS) is 18.8. The zero-order chi connectivity index (χ0) is 22.8. The van der Waals surface area contributed by atoms with Crippen molar-refractivity contribution in [3.8, 4) is 0 Å². The van der Waals surface area contributed by atoms with E-state index in [4.69, 9.17) is 9.84 Å². The molecule has 2 fully saturated rings. The monoisotopic (exact) mass is 445 g/mol. The highest BCUT2D eigenvalue weighted by atomic mass is 16.5. The SMILES string of the molecule is O=C(O)COC1CCN(C(=O)[C@H](Cc2ccccc2)NC(=O)CCC2CCNCC2)CC1. The molecule has 0 aromatic heterocycles. The lowest BCUT2D eigenvalue weighted by Crippen LogP contribution is -2.52. The maximum atomic E-state index is 13.3. The number of benzene rings is 1. The maximum Gasteiger partial charge on any atom is 0.329 e. The van der Waals surface area contributed by atoms with Gasteiger partial charge in [0.05, 0.1) is 6.10 Å². The second-order valence-electron chi connectivity index (χ2n) is 8.77. The maximum absolute atomic E-state index is 13.3. The topological polar surface area (TPSA) is 108 Å². The number of hydrogen-bond acceptors (Lipinski definition) is 5. The molecule has 2 aliphatic heterocycles. The van der Waals surface area contributed by atoms with Crippen LogP contribution in [0.1, 0.15) is 44.1 Å². The van der Waals surface area contributed by atoms with Crippen LogP contribution < -0.4 is 10.6 Å². The first-order chi connectivity index (χ1) is 15.5. The Labute approximate surface area is 189 Å². The van der Waals surface area contributed by atoms with E-state index in [0.29, 0.717) is 44.7 Å². The molecule has 2 heterocycles. The summed E-state index contributed by atoms with van der Waals surface area (Å²) in [4.78, 5) is 38.5. The summed E-state index contributed by atoms with van der Waals surface area (Å²) in [6, 6.07) is 9.12. The zero-order valence-electron chi connectivity index (χ0n) is 18.6. The number of amides is 2. The Hall–Kier alpha value is -2.45. The van der Waals surface area contributed by atoms with Gasteiger partial charge in [-0.05, 0) is 56.7 Å². The molecule has 1 aromatic rings. The Kier molecular flexibility index (Phi) is 9.49. The number of ether oxygens (including phenoxy) is 1. The first-order valence-corrected chi connectivity index (χ1v) is 11.7. The van der Waals surface area contributed by atoms with Crippen LogP contribution in [-0.2, 0) is 25.5 Å². The number of hydrogen-bond donors (Lipinski definition) is 3. The molecule has 1 aromatic carbocycles.